The first-order valence-electron chi connectivity index (χ1n) is 6.01. The van der Waals surface area contributed by atoms with Crippen LogP contribution in [0.15, 0.2) is 42.5 Å². The zero-order valence-electron chi connectivity index (χ0n) is 10.5. The lowest BCUT2D eigenvalue weighted by Crippen LogP contribution is -2.04. The number of fused-ring (bicyclic) bond motifs is 1. The highest BCUT2D eigenvalue weighted by Crippen LogP contribution is 2.33. The van der Waals surface area contributed by atoms with E-state index in [0.717, 1.165) is 17.8 Å². The molecular formula is C14H9ClF3N3. The molecule has 3 nitrogen and oxygen atoms in total. The van der Waals surface area contributed by atoms with Gasteiger partial charge in [0.05, 0.1) is 11.1 Å². The molecule has 0 aliphatic heterocycles. The fraction of sp³-hybridized carbons (Fsp3) is 0.0714. The van der Waals surface area contributed by atoms with Crippen molar-refractivity contribution in [3.63, 3.8) is 0 Å². The Morgan fingerprint density at radius 1 is 1.05 bits per heavy atom. The molecule has 0 fully saturated rings. The maximum absolute atomic E-state index is 12.6. The Kier molecular flexibility index (Phi) is 3.25. The van der Waals surface area contributed by atoms with Crippen molar-refractivity contribution in [3.8, 4) is 0 Å². The van der Waals surface area contributed by atoms with E-state index in [2.05, 4.69) is 15.5 Å². The second-order valence-electron chi connectivity index (χ2n) is 4.46. The largest absolute Gasteiger partial charge is 0.416 e. The van der Waals surface area contributed by atoms with Gasteiger partial charge in [-0.15, -0.1) is 0 Å². The molecular weight excluding hydrogens is 303 g/mol. The number of anilines is 2. The summed E-state index contributed by atoms with van der Waals surface area (Å²) in [7, 11) is 0. The molecule has 0 saturated carbocycles. The van der Waals surface area contributed by atoms with Crippen LogP contribution >= 0.6 is 11.6 Å². The maximum Gasteiger partial charge on any atom is 0.416 e. The zero-order chi connectivity index (χ0) is 15.0. The van der Waals surface area contributed by atoms with Crippen LogP contribution in [0.1, 0.15) is 5.56 Å². The molecule has 0 atom stereocenters. The molecule has 2 N–H and O–H groups in total. The molecule has 0 unspecified atom stereocenters. The number of hydrogen-bond donors (Lipinski definition) is 2. The highest BCUT2D eigenvalue weighted by Gasteiger charge is 2.30. The lowest BCUT2D eigenvalue weighted by atomic mass is 10.1. The topological polar surface area (TPSA) is 40.7 Å². The van der Waals surface area contributed by atoms with Gasteiger partial charge in [0.1, 0.15) is 0 Å². The summed E-state index contributed by atoms with van der Waals surface area (Å²) in [4.78, 5) is 0. The number of hydrogen-bond acceptors (Lipinski definition) is 2. The summed E-state index contributed by atoms with van der Waals surface area (Å²) in [5.74, 6) is 0.459. The van der Waals surface area contributed by atoms with E-state index in [1.165, 1.54) is 6.07 Å². The highest BCUT2D eigenvalue weighted by atomic mass is 35.5. The molecule has 0 bridgehead atoms. The Labute approximate surface area is 122 Å². The van der Waals surface area contributed by atoms with E-state index in [1.54, 1.807) is 24.3 Å². The fourth-order valence-electron chi connectivity index (χ4n) is 1.96. The lowest BCUT2D eigenvalue weighted by Gasteiger charge is -2.06. The predicted molar refractivity (Wildman–Crippen MR) is 75.8 cm³/mol. The van der Waals surface area contributed by atoms with E-state index in [-0.39, 0.29) is 0 Å². The Balaban J connectivity index is 1.95. The number of halogens is 4. The Hall–Kier alpha value is -2.21. The van der Waals surface area contributed by atoms with E-state index in [0.29, 0.717) is 21.7 Å². The Bertz CT molecular complexity index is 778. The van der Waals surface area contributed by atoms with Crippen LogP contribution < -0.4 is 5.32 Å². The number of rotatable bonds is 2. The number of H-pyrrole nitrogens is 1. The quantitative estimate of drug-likeness (QED) is 0.701. The van der Waals surface area contributed by atoms with Crippen molar-refractivity contribution < 1.29 is 13.2 Å². The van der Waals surface area contributed by atoms with Gasteiger partial charge in [0.25, 0.3) is 0 Å². The lowest BCUT2D eigenvalue weighted by molar-refractivity contribution is -0.137. The molecule has 3 rings (SSSR count). The number of nitrogens with one attached hydrogen (secondary N) is 2. The van der Waals surface area contributed by atoms with Crippen molar-refractivity contribution in [3.05, 3.63) is 53.1 Å². The molecule has 0 aliphatic carbocycles. The first-order chi connectivity index (χ1) is 9.93. The third kappa shape index (κ3) is 2.80. The second kappa shape index (κ2) is 4.96. The van der Waals surface area contributed by atoms with Gasteiger partial charge in [-0.25, -0.2) is 0 Å². The average molecular weight is 312 g/mol. The van der Waals surface area contributed by atoms with Gasteiger partial charge in [0, 0.05) is 16.1 Å². The van der Waals surface area contributed by atoms with Crippen molar-refractivity contribution in [2.75, 3.05) is 5.32 Å². The molecule has 1 aromatic heterocycles. The van der Waals surface area contributed by atoms with Gasteiger partial charge >= 0.3 is 6.18 Å². The van der Waals surface area contributed by atoms with Crippen molar-refractivity contribution in [2.45, 2.75) is 6.18 Å². The van der Waals surface area contributed by atoms with Crippen LogP contribution in [0.3, 0.4) is 0 Å². The zero-order valence-corrected chi connectivity index (χ0v) is 11.3. The normalized spacial score (nSPS) is 11.8. The van der Waals surface area contributed by atoms with Gasteiger partial charge in [-0.05, 0) is 42.5 Å². The smallest absolute Gasteiger partial charge is 0.338 e. The van der Waals surface area contributed by atoms with E-state index >= 15 is 0 Å². The summed E-state index contributed by atoms with van der Waals surface area (Å²) < 4.78 is 37.9. The number of benzene rings is 2. The molecule has 3 aromatic rings. The summed E-state index contributed by atoms with van der Waals surface area (Å²) in [6.45, 7) is 0. The third-order valence-electron chi connectivity index (χ3n) is 3.00. The standard InChI is InChI=1S/C14H9ClF3N3/c15-9-2-4-10(5-3-9)19-13-11-6-1-8(14(16,17)18)7-12(11)20-21-13/h1-7H,(H2,19,20,21). The molecule has 21 heavy (non-hydrogen) atoms. The van der Waals surface area contributed by atoms with Crippen molar-refractivity contribution >= 4 is 34.0 Å². The maximum atomic E-state index is 12.6. The molecule has 0 radical (unpaired) electrons. The van der Waals surface area contributed by atoms with E-state index in [4.69, 9.17) is 11.6 Å². The Morgan fingerprint density at radius 2 is 1.76 bits per heavy atom. The number of nitrogens with zero attached hydrogens (tertiary/aromatic N) is 1. The highest BCUT2D eigenvalue weighted by molar-refractivity contribution is 6.30. The van der Waals surface area contributed by atoms with Gasteiger partial charge in [-0.3, -0.25) is 5.10 Å². The van der Waals surface area contributed by atoms with Gasteiger partial charge in [-0.1, -0.05) is 11.6 Å². The Morgan fingerprint density at radius 3 is 2.43 bits per heavy atom. The fourth-order valence-corrected chi connectivity index (χ4v) is 2.09. The number of aromatic amines is 1. The van der Waals surface area contributed by atoms with Crippen LogP contribution in [0.4, 0.5) is 24.7 Å². The summed E-state index contributed by atoms with van der Waals surface area (Å²) in [5.41, 5.74) is 0.352. The van der Waals surface area contributed by atoms with Crippen LogP contribution in [0.5, 0.6) is 0 Å². The molecule has 0 aliphatic rings. The predicted octanol–water partition coefficient (Wildman–Crippen LogP) is 4.98. The third-order valence-corrected chi connectivity index (χ3v) is 3.25. The molecule has 1 heterocycles. The SMILES string of the molecule is FC(F)(F)c1ccc2c(Nc3ccc(Cl)cc3)n[nH]c2c1. The molecule has 2 aromatic carbocycles. The monoisotopic (exact) mass is 311 g/mol. The number of alkyl halides is 3. The van der Waals surface area contributed by atoms with Crippen LogP contribution in [0.2, 0.25) is 5.02 Å². The summed E-state index contributed by atoms with van der Waals surface area (Å²) >= 11 is 5.79. The molecule has 108 valence electrons. The van der Waals surface area contributed by atoms with Crippen LogP contribution in [0.25, 0.3) is 10.9 Å². The first kappa shape index (κ1) is 13.8. The minimum Gasteiger partial charge on any atom is -0.338 e. The molecule has 7 heteroatoms. The summed E-state index contributed by atoms with van der Waals surface area (Å²) in [5, 5.41) is 10.8. The van der Waals surface area contributed by atoms with Crippen molar-refractivity contribution in [1.29, 1.82) is 0 Å². The second-order valence-corrected chi connectivity index (χ2v) is 4.90. The first-order valence-corrected chi connectivity index (χ1v) is 6.39. The van der Waals surface area contributed by atoms with Crippen molar-refractivity contribution in [2.24, 2.45) is 0 Å². The van der Waals surface area contributed by atoms with Gasteiger partial charge in [0.15, 0.2) is 5.82 Å². The molecule has 0 spiro atoms. The molecule has 0 saturated heterocycles. The van der Waals surface area contributed by atoms with Gasteiger partial charge in [0.2, 0.25) is 0 Å². The minimum absolute atomic E-state index is 0.321. The van der Waals surface area contributed by atoms with Crippen molar-refractivity contribution in [1.82, 2.24) is 10.2 Å². The molecule has 0 amide bonds. The van der Waals surface area contributed by atoms with E-state index in [1.807, 2.05) is 0 Å². The van der Waals surface area contributed by atoms with Crippen LogP contribution in [-0.4, -0.2) is 10.2 Å². The van der Waals surface area contributed by atoms with Gasteiger partial charge in [-0.2, -0.15) is 18.3 Å². The van der Waals surface area contributed by atoms with E-state index in [9.17, 15) is 13.2 Å². The number of aromatic nitrogens is 2. The summed E-state index contributed by atoms with van der Waals surface area (Å²) in [6.07, 6.45) is -4.37. The van der Waals surface area contributed by atoms with Gasteiger partial charge < -0.3 is 5.32 Å². The average Bonchev–Trinajstić information content (AvgIpc) is 2.83. The van der Waals surface area contributed by atoms with E-state index < -0.39 is 11.7 Å². The van der Waals surface area contributed by atoms with Crippen LogP contribution in [-0.2, 0) is 6.18 Å². The van der Waals surface area contributed by atoms with Crippen LogP contribution in [0, 0.1) is 0 Å². The minimum atomic E-state index is -4.37. The summed E-state index contributed by atoms with van der Waals surface area (Å²) in [6, 6.07) is 10.4.